The second-order valence-corrected chi connectivity index (χ2v) is 4.64. The zero-order valence-corrected chi connectivity index (χ0v) is 11.4. The lowest BCUT2D eigenvalue weighted by molar-refractivity contribution is 0.0471. The van der Waals surface area contributed by atoms with Crippen molar-refractivity contribution >= 4 is 27.6 Å². The minimum Gasteiger partial charge on any atom is -0.457 e. The molecule has 1 heterocycles. The maximum absolute atomic E-state index is 13.2. The number of halogens is 2. The van der Waals surface area contributed by atoms with Crippen LogP contribution in [0.1, 0.15) is 15.9 Å². The highest BCUT2D eigenvalue weighted by atomic mass is 79.9. The molecule has 0 fully saturated rings. The highest BCUT2D eigenvalue weighted by Crippen LogP contribution is 2.23. The van der Waals surface area contributed by atoms with Gasteiger partial charge in [-0.2, -0.15) is 0 Å². The van der Waals surface area contributed by atoms with E-state index in [9.17, 15) is 9.18 Å². The van der Waals surface area contributed by atoms with E-state index >= 15 is 0 Å². The number of benzene rings is 1. The summed E-state index contributed by atoms with van der Waals surface area (Å²) in [5, 5.41) is 0. The van der Waals surface area contributed by atoms with Crippen LogP contribution in [0.15, 0.2) is 41.1 Å². The van der Waals surface area contributed by atoms with Crippen LogP contribution in [-0.4, -0.2) is 11.0 Å². The lowest BCUT2D eigenvalue weighted by atomic mass is 10.2. The summed E-state index contributed by atoms with van der Waals surface area (Å²) in [5.74, 6) is -1.16. The van der Waals surface area contributed by atoms with E-state index in [0.29, 0.717) is 4.47 Å². The third kappa shape index (κ3) is 3.29. The van der Waals surface area contributed by atoms with Gasteiger partial charge in [0.25, 0.3) is 0 Å². The van der Waals surface area contributed by atoms with Gasteiger partial charge in [0.05, 0.1) is 11.3 Å². The van der Waals surface area contributed by atoms with Crippen LogP contribution in [-0.2, 0) is 11.3 Å². The molecule has 6 heteroatoms. The van der Waals surface area contributed by atoms with Gasteiger partial charge in [0.15, 0.2) is 0 Å². The van der Waals surface area contributed by atoms with Crippen molar-refractivity contribution in [3.05, 3.63) is 58.1 Å². The van der Waals surface area contributed by atoms with Crippen molar-refractivity contribution in [3.63, 3.8) is 0 Å². The third-order valence-electron chi connectivity index (χ3n) is 2.43. The van der Waals surface area contributed by atoms with Crippen molar-refractivity contribution in [3.8, 4) is 0 Å². The molecule has 0 aliphatic rings. The molecule has 19 heavy (non-hydrogen) atoms. The molecule has 0 saturated carbocycles. The number of rotatable bonds is 3. The van der Waals surface area contributed by atoms with Crippen LogP contribution >= 0.6 is 15.9 Å². The monoisotopic (exact) mass is 324 g/mol. The molecular weight excluding hydrogens is 315 g/mol. The molecule has 2 N–H and O–H groups in total. The Labute approximate surface area is 117 Å². The second-order valence-electron chi connectivity index (χ2n) is 3.79. The molecule has 0 unspecified atom stereocenters. The first-order chi connectivity index (χ1) is 9.08. The highest BCUT2D eigenvalue weighted by molar-refractivity contribution is 9.10. The normalized spacial score (nSPS) is 10.2. The number of carbonyl (C=O) groups excluding carboxylic acids is 1. The van der Waals surface area contributed by atoms with Crippen molar-refractivity contribution in [1.82, 2.24) is 4.98 Å². The molecule has 2 rings (SSSR count). The van der Waals surface area contributed by atoms with Crippen LogP contribution in [0, 0.1) is 5.82 Å². The van der Waals surface area contributed by atoms with Gasteiger partial charge in [0, 0.05) is 16.9 Å². The van der Waals surface area contributed by atoms with Crippen LogP contribution < -0.4 is 5.73 Å². The highest BCUT2D eigenvalue weighted by Gasteiger charge is 2.14. The van der Waals surface area contributed by atoms with Crippen molar-refractivity contribution in [1.29, 1.82) is 0 Å². The summed E-state index contributed by atoms with van der Waals surface area (Å²) in [6.45, 7) is 0.116. The fourth-order valence-electron chi connectivity index (χ4n) is 1.43. The van der Waals surface area contributed by atoms with Gasteiger partial charge in [-0.25, -0.2) is 9.18 Å². The predicted molar refractivity (Wildman–Crippen MR) is 71.9 cm³/mol. The molecule has 0 bridgehead atoms. The van der Waals surface area contributed by atoms with Gasteiger partial charge >= 0.3 is 5.97 Å². The first-order valence-electron chi connectivity index (χ1n) is 5.38. The molecule has 0 spiro atoms. The summed E-state index contributed by atoms with van der Waals surface area (Å²) in [7, 11) is 0. The standard InChI is InChI=1S/C13H10BrFN2O2/c14-10-6-11(15)12(16)5-9(10)13(18)19-7-8-1-3-17-4-2-8/h1-6H,7,16H2. The summed E-state index contributed by atoms with van der Waals surface area (Å²) in [4.78, 5) is 15.7. The van der Waals surface area contributed by atoms with E-state index in [-0.39, 0.29) is 17.9 Å². The number of ether oxygens (including phenoxy) is 1. The molecule has 0 atom stereocenters. The number of hydrogen-bond acceptors (Lipinski definition) is 4. The number of anilines is 1. The summed E-state index contributed by atoms with van der Waals surface area (Å²) >= 11 is 3.10. The Hall–Kier alpha value is -1.95. The number of aromatic nitrogens is 1. The number of pyridine rings is 1. The molecule has 0 aliphatic heterocycles. The van der Waals surface area contributed by atoms with E-state index in [0.717, 1.165) is 11.6 Å². The Bertz CT molecular complexity index is 605. The SMILES string of the molecule is Nc1cc(C(=O)OCc2ccncc2)c(Br)cc1F. The Morgan fingerprint density at radius 3 is 2.74 bits per heavy atom. The Kier molecular flexibility index (Phi) is 4.11. The average molecular weight is 325 g/mol. The molecule has 0 aliphatic carbocycles. The van der Waals surface area contributed by atoms with Crippen LogP contribution in [0.5, 0.6) is 0 Å². The van der Waals surface area contributed by atoms with E-state index in [4.69, 9.17) is 10.5 Å². The van der Waals surface area contributed by atoms with E-state index in [1.807, 2.05) is 0 Å². The van der Waals surface area contributed by atoms with Crippen molar-refractivity contribution in [2.45, 2.75) is 6.61 Å². The lowest BCUT2D eigenvalue weighted by Gasteiger charge is -2.07. The molecule has 0 saturated heterocycles. The van der Waals surface area contributed by atoms with Gasteiger partial charge in [0.1, 0.15) is 12.4 Å². The zero-order valence-electron chi connectivity index (χ0n) is 9.77. The van der Waals surface area contributed by atoms with Gasteiger partial charge in [-0.3, -0.25) is 4.98 Å². The Morgan fingerprint density at radius 2 is 2.05 bits per heavy atom. The number of carbonyl (C=O) groups is 1. The van der Waals surface area contributed by atoms with Crippen molar-refractivity contribution in [2.24, 2.45) is 0 Å². The minimum absolute atomic E-state index is 0.0981. The van der Waals surface area contributed by atoms with Gasteiger partial charge in [-0.1, -0.05) is 0 Å². The average Bonchev–Trinajstić information content (AvgIpc) is 2.41. The third-order valence-corrected chi connectivity index (χ3v) is 3.08. The number of hydrogen-bond donors (Lipinski definition) is 1. The van der Waals surface area contributed by atoms with Gasteiger partial charge in [0.2, 0.25) is 0 Å². The summed E-state index contributed by atoms with van der Waals surface area (Å²) in [6, 6.07) is 5.86. The number of esters is 1. The van der Waals surface area contributed by atoms with E-state index in [1.165, 1.54) is 6.07 Å². The molecule has 0 radical (unpaired) electrons. The van der Waals surface area contributed by atoms with Crippen LogP contribution in [0.2, 0.25) is 0 Å². The van der Waals surface area contributed by atoms with Crippen molar-refractivity contribution in [2.75, 3.05) is 5.73 Å². The maximum atomic E-state index is 13.2. The first-order valence-corrected chi connectivity index (χ1v) is 6.18. The fraction of sp³-hybridized carbons (Fsp3) is 0.0769. The van der Waals surface area contributed by atoms with Gasteiger partial charge in [-0.15, -0.1) is 0 Å². The van der Waals surface area contributed by atoms with E-state index < -0.39 is 11.8 Å². The summed E-state index contributed by atoms with van der Waals surface area (Å²) < 4.78 is 18.6. The molecule has 98 valence electrons. The number of nitrogen functional groups attached to an aromatic ring is 1. The maximum Gasteiger partial charge on any atom is 0.339 e. The Balaban J connectivity index is 2.10. The fourth-order valence-corrected chi connectivity index (χ4v) is 1.91. The molecular formula is C13H10BrFN2O2. The van der Waals surface area contributed by atoms with E-state index in [2.05, 4.69) is 20.9 Å². The summed E-state index contributed by atoms with van der Waals surface area (Å²) in [5.41, 5.74) is 6.33. The first kappa shape index (κ1) is 13.5. The molecule has 1 aromatic carbocycles. The van der Waals surface area contributed by atoms with Crippen LogP contribution in [0.4, 0.5) is 10.1 Å². The molecule has 4 nitrogen and oxygen atoms in total. The van der Waals surface area contributed by atoms with Crippen LogP contribution in [0.25, 0.3) is 0 Å². The molecule has 0 amide bonds. The largest absolute Gasteiger partial charge is 0.457 e. The lowest BCUT2D eigenvalue weighted by Crippen LogP contribution is -2.07. The summed E-state index contributed by atoms with van der Waals surface area (Å²) in [6.07, 6.45) is 3.21. The number of nitrogens with zero attached hydrogens (tertiary/aromatic N) is 1. The quantitative estimate of drug-likeness (QED) is 0.696. The smallest absolute Gasteiger partial charge is 0.339 e. The Morgan fingerprint density at radius 1 is 1.37 bits per heavy atom. The van der Waals surface area contributed by atoms with E-state index in [1.54, 1.807) is 24.5 Å². The molecule has 1 aromatic heterocycles. The van der Waals surface area contributed by atoms with Crippen molar-refractivity contribution < 1.29 is 13.9 Å². The van der Waals surface area contributed by atoms with Gasteiger partial charge < -0.3 is 10.5 Å². The number of nitrogens with two attached hydrogens (primary N) is 1. The minimum atomic E-state index is -0.586. The second kappa shape index (κ2) is 5.79. The molecule has 2 aromatic rings. The van der Waals surface area contributed by atoms with Gasteiger partial charge in [-0.05, 0) is 45.8 Å². The predicted octanol–water partition coefficient (Wildman–Crippen LogP) is 2.92. The topological polar surface area (TPSA) is 65.2 Å². The zero-order chi connectivity index (χ0) is 13.8. The van der Waals surface area contributed by atoms with Crippen LogP contribution in [0.3, 0.4) is 0 Å².